The van der Waals surface area contributed by atoms with Crippen molar-refractivity contribution in [3.63, 3.8) is 0 Å². The van der Waals surface area contributed by atoms with Crippen molar-refractivity contribution in [3.8, 4) is 11.5 Å². The van der Waals surface area contributed by atoms with Crippen LogP contribution in [0.5, 0.6) is 11.5 Å². The van der Waals surface area contributed by atoms with Gasteiger partial charge in [0, 0.05) is 11.1 Å². The maximum atomic E-state index is 10.4. The minimum atomic E-state index is -0.379. The van der Waals surface area contributed by atoms with Gasteiger partial charge in [0.25, 0.3) is 0 Å². The van der Waals surface area contributed by atoms with Gasteiger partial charge in [-0.15, -0.1) is 0 Å². The van der Waals surface area contributed by atoms with Crippen molar-refractivity contribution in [2.45, 2.75) is 31.4 Å². The Balaban J connectivity index is 1.79. The summed E-state index contributed by atoms with van der Waals surface area (Å²) >= 11 is 0. The molecule has 0 aromatic heterocycles. The molecule has 0 heterocycles. The largest absolute Gasteiger partial charge is 0.504 e. The summed E-state index contributed by atoms with van der Waals surface area (Å²) in [6.07, 6.45) is 2.95. The number of ether oxygens (including phenoxy) is 1. The topological polar surface area (TPSA) is 55.5 Å². The molecule has 2 aromatic rings. The Bertz CT molecular complexity index is 591. The Morgan fingerprint density at radius 1 is 1.05 bits per heavy atom. The Morgan fingerprint density at radius 2 is 1.80 bits per heavy atom. The highest BCUT2D eigenvalue weighted by atomic mass is 16.5. The van der Waals surface area contributed by atoms with E-state index in [0.29, 0.717) is 12.4 Å². The number of phenols is 1. The van der Waals surface area contributed by atoms with Crippen LogP contribution in [0.4, 0.5) is 0 Å². The molecule has 0 aliphatic heterocycles. The van der Waals surface area contributed by atoms with Crippen molar-refractivity contribution >= 4 is 0 Å². The molecule has 0 amide bonds. The van der Waals surface area contributed by atoms with E-state index in [-0.39, 0.29) is 11.3 Å². The number of hydrogen-bond acceptors (Lipinski definition) is 3. The molecule has 3 rings (SSSR count). The SMILES string of the molecule is NC1(c2cccc(OCc3ccccc3)c2O)CCC1. The summed E-state index contributed by atoms with van der Waals surface area (Å²) in [7, 11) is 0. The first-order valence-corrected chi connectivity index (χ1v) is 6.97. The third kappa shape index (κ3) is 2.37. The fraction of sp³-hybridized carbons (Fsp3) is 0.294. The molecule has 0 unspecified atom stereocenters. The van der Waals surface area contributed by atoms with Crippen LogP contribution >= 0.6 is 0 Å². The second kappa shape index (κ2) is 5.17. The van der Waals surface area contributed by atoms with E-state index in [4.69, 9.17) is 10.5 Å². The number of aromatic hydroxyl groups is 1. The highest BCUT2D eigenvalue weighted by Crippen LogP contribution is 2.45. The molecule has 0 saturated heterocycles. The zero-order valence-corrected chi connectivity index (χ0v) is 11.4. The molecule has 0 bridgehead atoms. The molecule has 0 radical (unpaired) electrons. The van der Waals surface area contributed by atoms with E-state index in [0.717, 1.165) is 30.4 Å². The lowest BCUT2D eigenvalue weighted by Gasteiger charge is -2.39. The van der Waals surface area contributed by atoms with Crippen molar-refractivity contribution < 1.29 is 9.84 Å². The number of nitrogens with two attached hydrogens (primary N) is 1. The number of hydrogen-bond donors (Lipinski definition) is 2. The van der Waals surface area contributed by atoms with Crippen LogP contribution in [0, 0.1) is 0 Å². The van der Waals surface area contributed by atoms with Gasteiger partial charge in [0.15, 0.2) is 11.5 Å². The second-order valence-electron chi connectivity index (χ2n) is 5.44. The van der Waals surface area contributed by atoms with Crippen LogP contribution in [-0.2, 0) is 12.1 Å². The van der Waals surface area contributed by atoms with Gasteiger partial charge in [-0.2, -0.15) is 0 Å². The van der Waals surface area contributed by atoms with Gasteiger partial charge in [0.05, 0.1) is 0 Å². The standard InChI is InChI=1S/C17H19NO2/c18-17(10-5-11-17)14-8-4-9-15(16(14)19)20-12-13-6-2-1-3-7-13/h1-4,6-9,19H,5,10-12,18H2. The van der Waals surface area contributed by atoms with E-state index < -0.39 is 0 Å². The molecule has 20 heavy (non-hydrogen) atoms. The summed E-state index contributed by atoms with van der Waals surface area (Å²) in [5.74, 6) is 0.689. The lowest BCUT2D eigenvalue weighted by molar-refractivity contribution is 0.237. The van der Waals surface area contributed by atoms with Crippen LogP contribution in [-0.4, -0.2) is 5.11 Å². The average molecular weight is 269 g/mol. The quantitative estimate of drug-likeness (QED) is 0.895. The number of para-hydroxylation sites is 1. The Kier molecular flexibility index (Phi) is 3.36. The molecule has 0 atom stereocenters. The summed E-state index contributed by atoms with van der Waals surface area (Å²) in [6, 6.07) is 15.5. The first kappa shape index (κ1) is 13.0. The van der Waals surface area contributed by atoms with Crippen molar-refractivity contribution in [3.05, 3.63) is 59.7 Å². The smallest absolute Gasteiger partial charge is 0.162 e. The molecule has 3 N–H and O–H groups in total. The lowest BCUT2D eigenvalue weighted by atomic mass is 9.72. The van der Waals surface area contributed by atoms with E-state index in [2.05, 4.69) is 0 Å². The molecule has 1 saturated carbocycles. The Labute approximate surface area is 119 Å². The monoisotopic (exact) mass is 269 g/mol. The summed E-state index contributed by atoms with van der Waals surface area (Å²) in [4.78, 5) is 0. The molecule has 104 valence electrons. The highest BCUT2D eigenvalue weighted by molar-refractivity contribution is 5.49. The molecule has 1 fully saturated rings. The van der Waals surface area contributed by atoms with Crippen LogP contribution in [0.25, 0.3) is 0 Å². The third-order valence-electron chi connectivity index (χ3n) is 4.02. The first-order chi connectivity index (χ1) is 9.69. The predicted molar refractivity (Wildman–Crippen MR) is 78.6 cm³/mol. The third-order valence-corrected chi connectivity index (χ3v) is 4.02. The van der Waals surface area contributed by atoms with Gasteiger partial charge in [-0.1, -0.05) is 42.5 Å². The molecule has 1 aliphatic carbocycles. The van der Waals surface area contributed by atoms with Crippen molar-refractivity contribution in [1.29, 1.82) is 0 Å². The maximum absolute atomic E-state index is 10.4. The van der Waals surface area contributed by atoms with Crippen LogP contribution in [0.15, 0.2) is 48.5 Å². The number of benzene rings is 2. The van der Waals surface area contributed by atoms with E-state index in [1.54, 1.807) is 6.07 Å². The molecule has 3 heteroatoms. The zero-order chi connectivity index (χ0) is 14.0. The van der Waals surface area contributed by atoms with Gasteiger partial charge in [-0.05, 0) is 30.9 Å². The molecule has 2 aromatic carbocycles. The first-order valence-electron chi connectivity index (χ1n) is 6.97. The average Bonchev–Trinajstić information content (AvgIpc) is 2.45. The maximum Gasteiger partial charge on any atom is 0.162 e. The van der Waals surface area contributed by atoms with Crippen LogP contribution in [0.2, 0.25) is 0 Å². The van der Waals surface area contributed by atoms with Crippen molar-refractivity contribution in [2.24, 2.45) is 5.73 Å². The molecular formula is C17H19NO2. The summed E-state index contributed by atoms with van der Waals surface area (Å²) < 4.78 is 5.72. The van der Waals surface area contributed by atoms with E-state index in [1.165, 1.54) is 0 Å². The highest BCUT2D eigenvalue weighted by Gasteiger charge is 2.37. The van der Waals surface area contributed by atoms with Gasteiger partial charge >= 0.3 is 0 Å². The van der Waals surface area contributed by atoms with E-state index >= 15 is 0 Å². The predicted octanol–water partition coefficient (Wildman–Crippen LogP) is 3.31. The Hall–Kier alpha value is -2.00. The van der Waals surface area contributed by atoms with Crippen LogP contribution in [0.3, 0.4) is 0 Å². The van der Waals surface area contributed by atoms with Crippen LogP contribution < -0.4 is 10.5 Å². The van der Waals surface area contributed by atoms with Gasteiger partial charge < -0.3 is 15.6 Å². The van der Waals surface area contributed by atoms with Gasteiger partial charge in [-0.25, -0.2) is 0 Å². The summed E-state index contributed by atoms with van der Waals surface area (Å²) in [6.45, 7) is 0.440. The molecular weight excluding hydrogens is 250 g/mol. The summed E-state index contributed by atoms with van der Waals surface area (Å²) in [5.41, 5.74) is 7.78. The summed E-state index contributed by atoms with van der Waals surface area (Å²) in [5, 5.41) is 10.4. The lowest BCUT2D eigenvalue weighted by Crippen LogP contribution is -2.43. The zero-order valence-electron chi connectivity index (χ0n) is 11.4. The Morgan fingerprint density at radius 3 is 2.45 bits per heavy atom. The second-order valence-corrected chi connectivity index (χ2v) is 5.44. The number of rotatable bonds is 4. The fourth-order valence-corrected chi connectivity index (χ4v) is 2.60. The van der Waals surface area contributed by atoms with Gasteiger partial charge in [0.2, 0.25) is 0 Å². The minimum absolute atomic E-state index is 0.186. The van der Waals surface area contributed by atoms with Crippen LogP contribution in [0.1, 0.15) is 30.4 Å². The van der Waals surface area contributed by atoms with Gasteiger partial charge in [-0.3, -0.25) is 0 Å². The van der Waals surface area contributed by atoms with E-state index in [1.807, 2.05) is 42.5 Å². The molecule has 0 spiro atoms. The van der Waals surface area contributed by atoms with Gasteiger partial charge in [0.1, 0.15) is 6.61 Å². The fourth-order valence-electron chi connectivity index (χ4n) is 2.60. The number of phenolic OH excluding ortho intramolecular Hbond substituents is 1. The molecule has 1 aliphatic rings. The van der Waals surface area contributed by atoms with Crippen molar-refractivity contribution in [1.82, 2.24) is 0 Å². The van der Waals surface area contributed by atoms with E-state index in [9.17, 15) is 5.11 Å². The molecule has 3 nitrogen and oxygen atoms in total. The van der Waals surface area contributed by atoms with Crippen molar-refractivity contribution in [2.75, 3.05) is 0 Å². The normalized spacial score (nSPS) is 16.4. The minimum Gasteiger partial charge on any atom is -0.504 e.